The lowest BCUT2D eigenvalue weighted by molar-refractivity contribution is -0.161. The number of phosphoric acid groups is 2. The van der Waals surface area contributed by atoms with Gasteiger partial charge in [-0.2, -0.15) is 0 Å². The van der Waals surface area contributed by atoms with E-state index in [9.17, 15) is 43.2 Å². The van der Waals surface area contributed by atoms with E-state index in [2.05, 4.69) is 48.5 Å². The zero-order valence-electron chi connectivity index (χ0n) is 57.2. The molecule has 0 aromatic carbocycles. The van der Waals surface area contributed by atoms with Crippen molar-refractivity contribution in [2.24, 2.45) is 17.8 Å². The third kappa shape index (κ3) is 61.6. The molecule has 19 heteroatoms. The van der Waals surface area contributed by atoms with Crippen LogP contribution in [0.5, 0.6) is 0 Å². The molecule has 0 saturated heterocycles. The Morgan fingerprint density at radius 3 is 0.864 bits per heavy atom. The Bertz CT molecular complexity index is 1730. The van der Waals surface area contributed by atoms with Crippen molar-refractivity contribution in [3.8, 4) is 0 Å². The highest BCUT2D eigenvalue weighted by Gasteiger charge is 2.30. The molecule has 0 fully saturated rings. The zero-order chi connectivity index (χ0) is 65.2. The Balaban J connectivity index is 5.18. The van der Waals surface area contributed by atoms with Crippen molar-refractivity contribution in [2.75, 3.05) is 39.6 Å². The first kappa shape index (κ1) is 86.1. The van der Waals surface area contributed by atoms with E-state index < -0.39 is 97.5 Å². The minimum absolute atomic E-state index is 0.102. The van der Waals surface area contributed by atoms with Gasteiger partial charge in [-0.1, -0.05) is 292 Å². The number of aliphatic hydroxyl groups is 1. The van der Waals surface area contributed by atoms with E-state index in [-0.39, 0.29) is 25.7 Å². The molecule has 522 valence electrons. The molecule has 0 bridgehead atoms. The molecule has 88 heavy (non-hydrogen) atoms. The Labute approximate surface area is 537 Å². The molecule has 0 amide bonds. The van der Waals surface area contributed by atoms with Crippen LogP contribution in [0.3, 0.4) is 0 Å². The molecular weight excluding hydrogens is 1160 g/mol. The van der Waals surface area contributed by atoms with Gasteiger partial charge in [-0.05, 0) is 43.4 Å². The molecule has 3 unspecified atom stereocenters. The summed E-state index contributed by atoms with van der Waals surface area (Å²) in [5.74, 6) is 0.122. The van der Waals surface area contributed by atoms with Crippen LogP contribution in [0.2, 0.25) is 0 Å². The first-order valence-corrected chi connectivity index (χ1v) is 38.9. The molecule has 0 heterocycles. The van der Waals surface area contributed by atoms with Gasteiger partial charge in [-0.3, -0.25) is 37.3 Å². The van der Waals surface area contributed by atoms with Crippen molar-refractivity contribution in [3.05, 3.63) is 0 Å². The summed E-state index contributed by atoms with van der Waals surface area (Å²) in [5.41, 5.74) is 0. The van der Waals surface area contributed by atoms with Crippen LogP contribution in [-0.2, 0) is 65.4 Å². The average molecular weight is 1300 g/mol. The Morgan fingerprint density at radius 1 is 0.330 bits per heavy atom. The number of unbranched alkanes of at least 4 members (excludes halogenated alkanes) is 34. The lowest BCUT2D eigenvalue weighted by Crippen LogP contribution is -2.30. The van der Waals surface area contributed by atoms with Crippen molar-refractivity contribution >= 4 is 39.5 Å². The van der Waals surface area contributed by atoms with E-state index >= 15 is 0 Å². The maximum absolute atomic E-state index is 13.0. The summed E-state index contributed by atoms with van der Waals surface area (Å²) in [6.45, 7) is 11.8. The highest BCUT2D eigenvalue weighted by Crippen LogP contribution is 2.45. The second-order valence-electron chi connectivity index (χ2n) is 26.1. The Morgan fingerprint density at radius 2 is 0.580 bits per heavy atom. The van der Waals surface area contributed by atoms with Gasteiger partial charge in [0.15, 0.2) is 12.2 Å². The number of carbonyl (C=O) groups is 4. The third-order valence-corrected chi connectivity index (χ3v) is 18.1. The van der Waals surface area contributed by atoms with E-state index in [0.29, 0.717) is 25.7 Å². The first-order chi connectivity index (χ1) is 42.3. The van der Waals surface area contributed by atoms with Gasteiger partial charge in [0.25, 0.3) is 0 Å². The minimum atomic E-state index is -4.95. The van der Waals surface area contributed by atoms with Crippen LogP contribution in [0.25, 0.3) is 0 Å². The summed E-state index contributed by atoms with van der Waals surface area (Å²) in [6, 6.07) is 0. The van der Waals surface area contributed by atoms with E-state index in [1.807, 2.05) is 0 Å². The van der Waals surface area contributed by atoms with Gasteiger partial charge in [-0.15, -0.1) is 0 Å². The second kappa shape index (κ2) is 60.0. The second-order valence-corrected chi connectivity index (χ2v) is 29.0. The van der Waals surface area contributed by atoms with Crippen molar-refractivity contribution in [3.63, 3.8) is 0 Å². The number of carbonyl (C=O) groups excluding carboxylic acids is 4. The van der Waals surface area contributed by atoms with Crippen LogP contribution in [0.4, 0.5) is 0 Å². The van der Waals surface area contributed by atoms with Crippen LogP contribution in [0.15, 0.2) is 0 Å². The molecule has 3 N–H and O–H groups in total. The van der Waals surface area contributed by atoms with Crippen LogP contribution in [-0.4, -0.2) is 96.7 Å². The third-order valence-electron chi connectivity index (χ3n) is 16.2. The topological polar surface area (TPSA) is 237 Å². The minimum Gasteiger partial charge on any atom is -0.462 e. The molecule has 0 spiro atoms. The molecule has 0 radical (unpaired) electrons. The molecule has 0 aliphatic heterocycles. The maximum Gasteiger partial charge on any atom is 0.472 e. The van der Waals surface area contributed by atoms with Crippen molar-refractivity contribution in [1.29, 1.82) is 0 Å². The summed E-state index contributed by atoms with van der Waals surface area (Å²) in [6.07, 6.45) is 43.3. The quantitative estimate of drug-likeness (QED) is 0.0222. The fourth-order valence-electron chi connectivity index (χ4n) is 10.3. The van der Waals surface area contributed by atoms with E-state index in [4.69, 9.17) is 37.0 Å². The average Bonchev–Trinajstić information content (AvgIpc) is 3.42. The maximum atomic E-state index is 13.0. The number of ether oxygens (including phenoxy) is 4. The number of hydrogen-bond acceptors (Lipinski definition) is 15. The summed E-state index contributed by atoms with van der Waals surface area (Å²) < 4.78 is 68.1. The van der Waals surface area contributed by atoms with Crippen molar-refractivity contribution in [1.82, 2.24) is 0 Å². The lowest BCUT2D eigenvalue weighted by atomic mass is 10.00. The molecular formula is C69H134O17P2. The highest BCUT2D eigenvalue weighted by molar-refractivity contribution is 7.47. The SMILES string of the molecule is CCCCCCCCCCC(=O)OC[C@H](COP(=O)(O)OC[C@H](O)COP(=O)(O)OC[C@@H](COC(=O)CCCCCCCCCCC(C)C)OC(=O)CCCCCCCCCCCCCCCCCCC(C)C)OC(=O)CCCCCCCCC(C)CC. The first-order valence-electron chi connectivity index (χ1n) is 35.9. The summed E-state index contributed by atoms with van der Waals surface area (Å²) in [7, 11) is -9.89. The number of rotatable bonds is 67. The van der Waals surface area contributed by atoms with Gasteiger partial charge in [-0.25, -0.2) is 9.13 Å². The fraction of sp³-hybridized carbons (Fsp3) is 0.942. The highest BCUT2D eigenvalue weighted by atomic mass is 31.2. The zero-order valence-corrected chi connectivity index (χ0v) is 59.0. The molecule has 0 rings (SSSR count). The molecule has 0 aliphatic carbocycles. The standard InChI is InChI=1S/C69H134O17P2/c1-8-10-11-12-13-28-36-43-50-66(71)79-57-65(86-69(74)53-46-39-32-31-35-42-49-62(7)9-2)59-84-88(77,78)82-55-63(70)54-81-87(75,76)83-58-64(56-80-67(72)51-44-37-29-25-24-27-34-41-48-61(5)6)85-68(73)52-45-38-30-23-21-19-17-15-14-16-18-20-22-26-33-40-47-60(3)4/h60-65,70H,8-59H2,1-7H3,(H,75,76)(H,77,78)/t62?,63-,64-,65-/m1/s1. The fourth-order valence-corrected chi connectivity index (χ4v) is 11.9. The summed E-state index contributed by atoms with van der Waals surface area (Å²) >= 11 is 0. The van der Waals surface area contributed by atoms with E-state index in [0.717, 1.165) is 114 Å². The molecule has 0 aliphatic rings. The monoisotopic (exact) mass is 1300 g/mol. The van der Waals surface area contributed by atoms with Crippen LogP contribution in [0, 0.1) is 17.8 Å². The van der Waals surface area contributed by atoms with Gasteiger partial charge in [0.2, 0.25) is 0 Å². The predicted molar refractivity (Wildman–Crippen MR) is 354 cm³/mol. The number of phosphoric ester groups is 2. The van der Waals surface area contributed by atoms with Gasteiger partial charge in [0, 0.05) is 25.7 Å². The normalized spacial score (nSPS) is 14.5. The number of aliphatic hydroxyl groups excluding tert-OH is 1. The van der Waals surface area contributed by atoms with Gasteiger partial charge in [0.05, 0.1) is 26.4 Å². The molecule has 17 nitrogen and oxygen atoms in total. The largest absolute Gasteiger partial charge is 0.472 e. The molecule has 0 aromatic heterocycles. The predicted octanol–water partition coefficient (Wildman–Crippen LogP) is 19.5. The number of esters is 4. The van der Waals surface area contributed by atoms with Gasteiger partial charge in [0.1, 0.15) is 19.3 Å². The lowest BCUT2D eigenvalue weighted by Gasteiger charge is -2.21. The van der Waals surface area contributed by atoms with E-state index in [1.165, 1.54) is 148 Å². The van der Waals surface area contributed by atoms with Crippen molar-refractivity contribution < 1.29 is 80.2 Å². The Kier molecular flexibility index (Phi) is 58.7. The summed E-state index contributed by atoms with van der Waals surface area (Å²) in [4.78, 5) is 72.3. The molecule has 0 aromatic rings. The molecule has 6 atom stereocenters. The van der Waals surface area contributed by atoms with Crippen LogP contribution in [0.1, 0.15) is 344 Å². The number of hydrogen-bond donors (Lipinski definition) is 3. The molecule has 0 saturated carbocycles. The van der Waals surface area contributed by atoms with Crippen LogP contribution < -0.4 is 0 Å². The van der Waals surface area contributed by atoms with Gasteiger partial charge < -0.3 is 33.8 Å². The Hall–Kier alpha value is -1.94. The van der Waals surface area contributed by atoms with E-state index in [1.54, 1.807) is 0 Å². The van der Waals surface area contributed by atoms with Crippen molar-refractivity contribution in [2.45, 2.75) is 362 Å². The van der Waals surface area contributed by atoms with Crippen LogP contribution >= 0.6 is 15.6 Å². The van der Waals surface area contributed by atoms with Gasteiger partial charge >= 0.3 is 39.5 Å². The smallest absolute Gasteiger partial charge is 0.462 e. The summed E-state index contributed by atoms with van der Waals surface area (Å²) in [5, 5.41) is 10.6.